The SMILES string of the molecule is CC(C)N(CC(=O)O)S(=O)(=O)c1cc(Cl)cnc1N. The maximum absolute atomic E-state index is 12.4. The number of nitrogens with zero attached hydrogens (tertiary/aromatic N) is 2. The normalized spacial score (nSPS) is 12.1. The molecule has 1 aromatic rings. The van der Waals surface area contributed by atoms with Crippen molar-refractivity contribution >= 4 is 33.4 Å². The van der Waals surface area contributed by atoms with E-state index in [2.05, 4.69) is 4.98 Å². The van der Waals surface area contributed by atoms with Gasteiger partial charge in [0.2, 0.25) is 10.0 Å². The summed E-state index contributed by atoms with van der Waals surface area (Å²) in [5.41, 5.74) is 5.52. The molecule has 19 heavy (non-hydrogen) atoms. The fraction of sp³-hybridized carbons (Fsp3) is 0.400. The quantitative estimate of drug-likeness (QED) is 0.831. The summed E-state index contributed by atoms with van der Waals surface area (Å²) in [5, 5.41) is 8.89. The third-order valence-corrected chi connectivity index (χ3v) is 4.56. The minimum atomic E-state index is -4.07. The van der Waals surface area contributed by atoms with Gasteiger partial charge in [0.15, 0.2) is 0 Å². The lowest BCUT2D eigenvalue weighted by molar-refractivity contribution is -0.137. The van der Waals surface area contributed by atoms with Crippen LogP contribution in [-0.4, -0.2) is 41.4 Å². The Labute approximate surface area is 116 Å². The zero-order chi connectivity index (χ0) is 14.8. The van der Waals surface area contributed by atoms with Crippen LogP contribution < -0.4 is 5.73 Å². The fourth-order valence-electron chi connectivity index (χ4n) is 1.44. The summed E-state index contributed by atoms with van der Waals surface area (Å²) in [6, 6.07) is 0.607. The van der Waals surface area contributed by atoms with Crippen LogP contribution in [0.1, 0.15) is 13.8 Å². The summed E-state index contributed by atoms with van der Waals surface area (Å²) in [4.78, 5) is 14.1. The van der Waals surface area contributed by atoms with Gasteiger partial charge < -0.3 is 10.8 Å². The van der Waals surface area contributed by atoms with Crippen molar-refractivity contribution in [3.63, 3.8) is 0 Å². The van der Waals surface area contributed by atoms with Crippen LogP contribution in [0.4, 0.5) is 5.82 Å². The zero-order valence-electron chi connectivity index (χ0n) is 10.4. The Morgan fingerprint density at radius 3 is 2.63 bits per heavy atom. The Morgan fingerprint density at radius 2 is 2.16 bits per heavy atom. The summed E-state index contributed by atoms with van der Waals surface area (Å²) >= 11 is 5.70. The highest BCUT2D eigenvalue weighted by Crippen LogP contribution is 2.24. The van der Waals surface area contributed by atoms with Crippen LogP contribution in [0.2, 0.25) is 5.02 Å². The highest BCUT2D eigenvalue weighted by Gasteiger charge is 2.31. The van der Waals surface area contributed by atoms with E-state index in [1.54, 1.807) is 13.8 Å². The van der Waals surface area contributed by atoms with Crippen molar-refractivity contribution in [1.82, 2.24) is 9.29 Å². The maximum Gasteiger partial charge on any atom is 0.318 e. The molecule has 3 N–H and O–H groups in total. The van der Waals surface area contributed by atoms with Crippen molar-refractivity contribution in [3.05, 3.63) is 17.3 Å². The molecule has 0 unspecified atom stereocenters. The second kappa shape index (κ2) is 5.72. The van der Waals surface area contributed by atoms with Gasteiger partial charge in [0.1, 0.15) is 17.3 Å². The van der Waals surface area contributed by atoms with Gasteiger partial charge in [-0.25, -0.2) is 13.4 Å². The summed E-state index contributed by atoms with van der Waals surface area (Å²) in [6.45, 7) is 2.47. The molecule has 0 aromatic carbocycles. The molecule has 0 amide bonds. The van der Waals surface area contributed by atoms with Crippen molar-refractivity contribution in [3.8, 4) is 0 Å². The molecule has 0 atom stereocenters. The van der Waals surface area contributed by atoms with Gasteiger partial charge in [-0.1, -0.05) is 11.6 Å². The van der Waals surface area contributed by atoms with Crippen LogP contribution in [0.15, 0.2) is 17.2 Å². The van der Waals surface area contributed by atoms with Gasteiger partial charge in [0.25, 0.3) is 0 Å². The van der Waals surface area contributed by atoms with Gasteiger partial charge in [-0.05, 0) is 19.9 Å². The molecule has 7 nitrogen and oxygen atoms in total. The first kappa shape index (κ1) is 15.7. The number of sulfonamides is 1. The molecule has 0 aliphatic carbocycles. The van der Waals surface area contributed by atoms with E-state index in [4.69, 9.17) is 22.4 Å². The van der Waals surface area contributed by atoms with E-state index in [0.29, 0.717) is 0 Å². The highest BCUT2D eigenvalue weighted by molar-refractivity contribution is 7.89. The molecular formula is C10H14ClN3O4S. The average Bonchev–Trinajstić information content (AvgIpc) is 2.28. The molecule has 0 fully saturated rings. The molecule has 1 aromatic heterocycles. The third-order valence-electron chi connectivity index (χ3n) is 2.30. The number of aliphatic carboxylic acids is 1. The molecule has 0 bridgehead atoms. The molecule has 0 aliphatic heterocycles. The number of carboxylic acid groups (broad SMARTS) is 1. The number of hydrogen-bond donors (Lipinski definition) is 2. The van der Waals surface area contributed by atoms with Gasteiger partial charge in [0.05, 0.1) is 5.02 Å². The Kier molecular flexibility index (Phi) is 4.72. The van der Waals surface area contributed by atoms with Crippen LogP contribution in [0, 0.1) is 0 Å². The number of nitrogen functional groups attached to an aromatic ring is 1. The van der Waals surface area contributed by atoms with Crippen molar-refractivity contribution in [1.29, 1.82) is 0 Å². The highest BCUT2D eigenvalue weighted by atomic mass is 35.5. The minimum absolute atomic E-state index is 0.104. The average molecular weight is 308 g/mol. The number of carboxylic acids is 1. The van der Waals surface area contributed by atoms with Crippen molar-refractivity contribution in [2.75, 3.05) is 12.3 Å². The predicted molar refractivity (Wildman–Crippen MR) is 70.3 cm³/mol. The Morgan fingerprint density at radius 1 is 1.58 bits per heavy atom. The first-order chi connectivity index (χ1) is 8.66. The second-order valence-electron chi connectivity index (χ2n) is 4.07. The molecule has 0 aliphatic rings. The predicted octanol–water partition coefficient (Wildman–Crippen LogP) is 0.801. The summed E-state index contributed by atoms with van der Waals surface area (Å²) < 4.78 is 25.6. The first-order valence-electron chi connectivity index (χ1n) is 5.31. The van der Waals surface area contributed by atoms with Crippen LogP contribution in [-0.2, 0) is 14.8 Å². The number of nitrogens with two attached hydrogens (primary N) is 1. The number of carbonyl (C=O) groups is 1. The van der Waals surface area contributed by atoms with E-state index in [0.717, 1.165) is 10.4 Å². The number of anilines is 1. The molecule has 0 saturated carbocycles. The van der Waals surface area contributed by atoms with Gasteiger partial charge in [-0.2, -0.15) is 4.31 Å². The van der Waals surface area contributed by atoms with Gasteiger partial charge in [-0.15, -0.1) is 0 Å². The lowest BCUT2D eigenvalue weighted by Crippen LogP contribution is -2.40. The molecule has 1 heterocycles. The smallest absolute Gasteiger partial charge is 0.318 e. The lowest BCUT2D eigenvalue weighted by atomic mass is 10.4. The third kappa shape index (κ3) is 3.55. The van der Waals surface area contributed by atoms with Crippen molar-refractivity contribution in [2.24, 2.45) is 0 Å². The zero-order valence-corrected chi connectivity index (χ0v) is 11.9. The number of rotatable bonds is 5. The maximum atomic E-state index is 12.4. The van der Waals surface area contributed by atoms with Crippen molar-refractivity contribution in [2.45, 2.75) is 24.8 Å². The van der Waals surface area contributed by atoms with E-state index >= 15 is 0 Å². The number of aromatic nitrogens is 1. The summed E-state index contributed by atoms with van der Waals surface area (Å²) in [7, 11) is -4.07. The molecule has 1 rings (SSSR count). The number of halogens is 1. The Balaban J connectivity index is 3.34. The van der Waals surface area contributed by atoms with E-state index in [1.165, 1.54) is 6.20 Å². The van der Waals surface area contributed by atoms with Gasteiger partial charge in [-0.3, -0.25) is 4.79 Å². The van der Waals surface area contributed by atoms with Crippen LogP contribution in [0.5, 0.6) is 0 Å². The molecule has 0 spiro atoms. The number of hydrogen-bond acceptors (Lipinski definition) is 5. The molecular weight excluding hydrogens is 294 g/mol. The first-order valence-corrected chi connectivity index (χ1v) is 7.12. The minimum Gasteiger partial charge on any atom is -0.480 e. The summed E-state index contributed by atoms with van der Waals surface area (Å²) in [5.74, 6) is -1.48. The van der Waals surface area contributed by atoms with E-state index in [1.807, 2.05) is 0 Å². The topological polar surface area (TPSA) is 114 Å². The number of pyridine rings is 1. The monoisotopic (exact) mass is 307 g/mol. The van der Waals surface area contributed by atoms with Crippen LogP contribution in [0.3, 0.4) is 0 Å². The fourth-order valence-corrected chi connectivity index (χ4v) is 3.35. The Hall–Kier alpha value is -1.38. The standard InChI is InChI=1S/C10H14ClN3O4S/c1-6(2)14(5-9(15)16)19(17,18)8-3-7(11)4-13-10(8)12/h3-4,6H,5H2,1-2H3,(H2,12,13)(H,15,16). The van der Waals surface area contributed by atoms with Crippen LogP contribution in [0.25, 0.3) is 0 Å². The van der Waals surface area contributed by atoms with E-state index < -0.39 is 28.6 Å². The van der Waals surface area contributed by atoms with Gasteiger partial charge >= 0.3 is 5.97 Å². The molecule has 9 heteroatoms. The van der Waals surface area contributed by atoms with E-state index in [-0.39, 0.29) is 15.7 Å². The summed E-state index contributed by atoms with van der Waals surface area (Å²) in [6.07, 6.45) is 1.22. The van der Waals surface area contributed by atoms with Crippen molar-refractivity contribution < 1.29 is 18.3 Å². The van der Waals surface area contributed by atoms with Crippen LogP contribution >= 0.6 is 11.6 Å². The van der Waals surface area contributed by atoms with E-state index in [9.17, 15) is 13.2 Å². The molecule has 0 radical (unpaired) electrons. The Bertz CT molecular complexity index is 588. The second-order valence-corrected chi connectivity index (χ2v) is 6.37. The van der Waals surface area contributed by atoms with Gasteiger partial charge in [0, 0.05) is 12.2 Å². The molecule has 0 saturated heterocycles. The molecule has 106 valence electrons. The lowest BCUT2D eigenvalue weighted by Gasteiger charge is -2.24. The largest absolute Gasteiger partial charge is 0.480 e.